The molecule has 130 valence electrons. The number of carbonyl (C=O) groups is 2. The molecule has 7 heteroatoms. The van der Waals surface area contributed by atoms with Crippen molar-refractivity contribution in [1.29, 1.82) is 0 Å². The van der Waals surface area contributed by atoms with Crippen LogP contribution in [0.25, 0.3) is 0 Å². The third kappa shape index (κ3) is 3.89. The first kappa shape index (κ1) is 17.6. The molecule has 2 aromatic rings. The van der Waals surface area contributed by atoms with Crippen LogP contribution in [0, 0.1) is 13.8 Å². The Kier molecular flexibility index (Phi) is 4.88. The van der Waals surface area contributed by atoms with Gasteiger partial charge in [-0.3, -0.25) is 9.59 Å². The quantitative estimate of drug-likeness (QED) is 0.743. The maximum absolute atomic E-state index is 12.2. The van der Waals surface area contributed by atoms with Crippen molar-refractivity contribution in [3.8, 4) is 0 Å². The molecule has 3 N–H and O–H groups in total. The molecule has 2 aromatic carbocycles. The molecule has 0 saturated heterocycles. The van der Waals surface area contributed by atoms with Gasteiger partial charge in [-0.1, -0.05) is 23.2 Å². The number of anilines is 3. The first-order valence-corrected chi connectivity index (χ1v) is 8.52. The maximum Gasteiger partial charge on any atom is 0.247 e. The number of hydrogen-bond donors (Lipinski definition) is 3. The number of halogens is 2. The second-order valence-corrected chi connectivity index (χ2v) is 6.86. The van der Waals surface area contributed by atoms with Crippen molar-refractivity contribution in [3.05, 3.63) is 51.5 Å². The number of hydrogen-bond acceptors (Lipinski definition) is 3. The highest BCUT2D eigenvalue weighted by Gasteiger charge is 2.28. The number of aryl methyl sites for hydroxylation is 2. The summed E-state index contributed by atoms with van der Waals surface area (Å²) in [4.78, 5) is 24.5. The van der Waals surface area contributed by atoms with Crippen LogP contribution in [0.1, 0.15) is 17.5 Å². The lowest BCUT2D eigenvalue weighted by molar-refractivity contribution is -0.122. The van der Waals surface area contributed by atoms with Gasteiger partial charge in [0.2, 0.25) is 11.8 Å². The standard InChI is InChI=1S/C18H17Cl2N3O2/c1-9-5-14-15(6-10(9)2)23-18(25)16(22-14)8-17(24)21-11-3-4-12(19)13(20)7-11/h3-7,16,22H,8H2,1-2H3,(H,21,24)(H,23,25)/t16-/m1/s1. The molecule has 25 heavy (non-hydrogen) atoms. The van der Waals surface area contributed by atoms with Gasteiger partial charge in [-0.25, -0.2) is 0 Å². The molecule has 0 aromatic heterocycles. The van der Waals surface area contributed by atoms with Crippen molar-refractivity contribution in [2.24, 2.45) is 0 Å². The van der Waals surface area contributed by atoms with E-state index in [9.17, 15) is 9.59 Å². The van der Waals surface area contributed by atoms with E-state index in [0.717, 1.165) is 22.5 Å². The maximum atomic E-state index is 12.2. The molecule has 1 aliphatic rings. The number of fused-ring (bicyclic) bond motifs is 1. The minimum Gasteiger partial charge on any atom is -0.372 e. The van der Waals surface area contributed by atoms with Crippen molar-refractivity contribution in [3.63, 3.8) is 0 Å². The van der Waals surface area contributed by atoms with Gasteiger partial charge in [0.15, 0.2) is 0 Å². The molecule has 0 unspecified atom stereocenters. The largest absolute Gasteiger partial charge is 0.372 e. The number of carbonyl (C=O) groups excluding carboxylic acids is 2. The fraction of sp³-hybridized carbons (Fsp3) is 0.222. The molecule has 0 spiro atoms. The van der Waals surface area contributed by atoms with Gasteiger partial charge >= 0.3 is 0 Å². The molecule has 0 fully saturated rings. The van der Waals surface area contributed by atoms with E-state index in [1.807, 2.05) is 26.0 Å². The lowest BCUT2D eigenvalue weighted by Crippen LogP contribution is -2.41. The second kappa shape index (κ2) is 6.94. The molecule has 3 rings (SSSR count). The lowest BCUT2D eigenvalue weighted by Gasteiger charge is -2.27. The molecule has 0 saturated carbocycles. The number of amides is 2. The zero-order valence-corrected chi connectivity index (χ0v) is 15.3. The van der Waals surface area contributed by atoms with Gasteiger partial charge in [-0.2, -0.15) is 0 Å². The van der Waals surface area contributed by atoms with E-state index in [1.165, 1.54) is 0 Å². The van der Waals surface area contributed by atoms with Gasteiger partial charge in [0, 0.05) is 5.69 Å². The number of rotatable bonds is 3. The smallest absolute Gasteiger partial charge is 0.247 e. The van der Waals surface area contributed by atoms with E-state index in [2.05, 4.69) is 16.0 Å². The third-order valence-corrected chi connectivity index (χ3v) is 4.87. The molecular weight excluding hydrogens is 361 g/mol. The van der Waals surface area contributed by atoms with Crippen molar-refractivity contribution in [2.45, 2.75) is 26.3 Å². The Morgan fingerprint density at radius 1 is 1.08 bits per heavy atom. The van der Waals surface area contributed by atoms with Crippen molar-refractivity contribution >= 4 is 52.1 Å². The van der Waals surface area contributed by atoms with Gasteiger partial charge in [0.25, 0.3) is 0 Å². The zero-order valence-electron chi connectivity index (χ0n) is 13.7. The molecule has 1 heterocycles. The predicted molar refractivity (Wildman–Crippen MR) is 102 cm³/mol. The molecule has 1 aliphatic heterocycles. The van der Waals surface area contributed by atoms with Gasteiger partial charge in [0.1, 0.15) is 6.04 Å². The van der Waals surface area contributed by atoms with Crippen LogP contribution in [0.5, 0.6) is 0 Å². The SMILES string of the molecule is Cc1cc2c(cc1C)N[C@H](CC(=O)Nc1ccc(Cl)c(Cl)c1)C(=O)N2. The first-order chi connectivity index (χ1) is 11.8. The average Bonchev–Trinajstić information content (AvgIpc) is 2.54. The highest BCUT2D eigenvalue weighted by molar-refractivity contribution is 6.42. The average molecular weight is 378 g/mol. The first-order valence-electron chi connectivity index (χ1n) is 7.77. The van der Waals surface area contributed by atoms with E-state index in [-0.39, 0.29) is 18.2 Å². The van der Waals surface area contributed by atoms with Crippen LogP contribution in [0.2, 0.25) is 10.0 Å². The van der Waals surface area contributed by atoms with Crippen LogP contribution >= 0.6 is 23.2 Å². The predicted octanol–water partition coefficient (Wildman–Crippen LogP) is 4.37. The summed E-state index contributed by atoms with van der Waals surface area (Å²) in [5.74, 6) is -0.529. The molecule has 1 atom stereocenters. The molecule has 0 bridgehead atoms. The Morgan fingerprint density at radius 2 is 1.76 bits per heavy atom. The van der Waals surface area contributed by atoms with Crippen LogP contribution in [0.4, 0.5) is 17.1 Å². The Labute approximate surface area is 155 Å². The summed E-state index contributed by atoms with van der Waals surface area (Å²) in [6.45, 7) is 3.98. The fourth-order valence-electron chi connectivity index (χ4n) is 2.63. The molecule has 5 nitrogen and oxygen atoms in total. The zero-order chi connectivity index (χ0) is 18.1. The van der Waals surface area contributed by atoms with Gasteiger partial charge in [-0.05, 0) is 55.3 Å². The van der Waals surface area contributed by atoms with Crippen LogP contribution in [-0.4, -0.2) is 17.9 Å². The van der Waals surface area contributed by atoms with Crippen LogP contribution in [0.3, 0.4) is 0 Å². The third-order valence-electron chi connectivity index (χ3n) is 4.13. The van der Waals surface area contributed by atoms with E-state index < -0.39 is 6.04 Å². The van der Waals surface area contributed by atoms with Gasteiger partial charge in [-0.15, -0.1) is 0 Å². The molecule has 0 aliphatic carbocycles. The highest BCUT2D eigenvalue weighted by Crippen LogP contribution is 2.30. The van der Waals surface area contributed by atoms with E-state index in [0.29, 0.717) is 15.7 Å². The minimum absolute atomic E-state index is 0.00154. The fourth-order valence-corrected chi connectivity index (χ4v) is 2.93. The summed E-state index contributed by atoms with van der Waals surface area (Å²) < 4.78 is 0. The number of benzene rings is 2. The normalized spacial score (nSPS) is 15.8. The molecule has 0 radical (unpaired) electrons. The van der Waals surface area contributed by atoms with E-state index in [1.54, 1.807) is 18.2 Å². The summed E-state index contributed by atoms with van der Waals surface area (Å²) in [7, 11) is 0. The summed E-state index contributed by atoms with van der Waals surface area (Å²) in [6, 6.07) is 8.07. The Hall–Kier alpha value is -2.24. The van der Waals surface area contributed by atoms with Crippen molar-refractivity contribution in [2.75, 3.05) is 16.0 Å². The van der Waals surface area contributed by atoms with Crippen molar-refractivity contribution in [1.82, 2.24) is 0 Å². The monoisotopic (exact) mass is 377 g/mol. The summed E-state index contributed by atoms with van der Waals surface area (Å²) in [5, 5.41) is 9.46. The lowest BCUT2D eigenvalue weighted by atomic mass is 10.0. The summed E-state index contributed by atoms with van der Waals surface area (Å²) >= 11 is 11.8. The van der Waals surface area contributed by atoms with Gasteiger partial charge < -0.3 is 16.0 Å². The topological polar surface area (TPSA) is 70.2 Å². The minimum atomic E-state index is -0.641. The van der Waals surface area contributed by atoms with Gasteiger partial charge in [0.05, 0.1) is 27.8 Å². The second-order valence-electron chi connectivity index (χ2n) is 6.05. The Morgan fingerprint density at radius 3 is 2.44 bits per heavy atom. The van der Waals surface area contributed by atoms with Crippen LogP contribution in [-0.2, 0) is 9.59 Å². The molecular formula is C18H17Cl2N3O2. The van der Waals surface area contributed by atoms with E-state index >= 15 is 0 Å². The van der Waals surface area contributed by atoms with Crippen LogP contribution < -0.4 is 16.0 Å². The van der Waals surface area contributed by atoms with Crippen molar-refractivity contribution < 1.29 is 9.59 Å². The van der Waals surface area contributed by atoms with Crippen LogP contribution in [0.15, 0.2) is 30.3 Å². The highest BCUT2D eigenvalue weighted by atomic mass is 35.5. The molecule has 2 amide bonds. The Bertz CT molecular complexity index is 868. The summed E-state index contributed by atoms with van der Waals surface area (Å²) in [6.07, 6.45) is -0.00154. The van der Waals surface area contributed by atoms with E-state index in [4.69, 9.17) is 23.2 Å². The number of nitrogens with one attached hydrogen (secondary N) is 3. The Balaban J connectivity index is 1.69. The summed E-state index contributed by atoms with van der Waals surface area (Å²) in [5.41, 5.74) is 4.28.